The number of piperidine rings is 1. The highest BCUT2D eigenvalue weighted by Crippen LogP contribution is 2.27. The van der Waals surface area contributed by atoms with Crippen LogP contribution in [0.25, 0.3) is 0 Å². The van der Waals surface area contributed by atoms with E-state index >= 15 is 0 Å². The molecule has 0 atom stereocenters. The summed E-state index contributed by atoms with van der Waals surface area (Å²) in [5.41, 5.74) is 1.10. The minimum absolute atomic E-state index is 0.154. The van der Waals surface area contributed by atoms with Crippen molar-refractivity contribution in [1.29, 1.82) is 0 Å². The maximum Gasteiger partial charge on any atom is 0.342 e. The zero-order valence-corrected chi connectivity index (χ0v) is 13.9. The lowest BCUT2D eigenvalue weighted by Crippen LogP contribution is -2.51. The average Bonchev–Trinajstić information content (AvgIpc) is 2.57. The number of hydrogen-bond donors (Lipinski definition) is 0. The van der Waals surface area contributed by atoms with E-state index in [9.17, 15) is 8.42 Å². The van der Waals surface area contributed by atoms with Crippen molar-refractivity contribution >= 4 is 10.1 Å². The molecule has 1 aliphatic heterocycles. The fourth-order valence-electron chi connectivity index (χ4n) is 3.10. The number of benzene rings is 2. The van der Waals surface area contributed by atoms with Crippen LogP contribution in [0.15, 0.2) is 65.6 Å². The van der Waals surface area contributed by atoms with Gasteiger partial charge in [-0.05, 0) is 31.4 Å². The van der Waals surface area contributed by atoms with Gasteiger partial charge in [-0.1, -0.05) is 52.8 Å². The van der Waals surface area contributed by atoms with Gasteiger partial charge in [-0.15, -0.1) is 0 Å². The maximum atomic E-state index is 12.7. The minimum atomic E-state index is -3.77. The third-order valence-electron chi connectivity index (χ3n) is 4.23. The van der Waals surface area contributed by atoms with Gasteiger partial charge < -0.3 is 0 Å². The van der Waals surface area contributed by atoms with Gasteiger partial charge in [0.1, 0.15) is 19.6 Å². The molecule has 0 bridgehead atoms. The Kier molecular flexibility index (Phi) is 4.80. The van der Waals surface area contributed by atoms with Gasteiger partial charge >= 0.3 is 10.1 Å². The molecular formula is C18H22NO3S+. The van der Waals surface area contributed by atoms with E-state index in [1.54, 1.807) is 30.3 Å². The van der Waals surface area contributed by atoms with Crippen LogP contribution in [0.3, 0.4) is 0 Å². The number of quaternary nitrogens is 1. The lowest BCUT2D eigenvalue weighted by atomic mass is 10.1. The second kappa shape index (κ2) is 6.83. The first kappa shape index (κ1) is 16.2. The molecule has 0 saturated carbocycles. The fourth-order valence-corrected chi connectivity index (χ4v) is 4.30. The average molecular weight is 332 g/mol. The molecule has 1 aliphatic rings. The van der Waals surface area contributed by atoms with Crippen molar-refractivity contribution in [3.05, 3.63) is 66.2 Å². The van der Waals surface area contributed by atoms with E-state index in [4.69, 9.17) is 4.28 Å². The maximum absolute atomic E-state index is 12.7. The van der Waals surface area contributed by atoms with Crippen molar-refractivity contribution < 1.29 is 17.3 Å². The Labute approximate surface area is 138 Å². The van der Waals surface area contributed by atoms with Crippen molar-refractivity contribution in [1.82, 2.24) is 0 Å². The van der Waals surface area contributed by atoms with Crippen molar-refractivity contribution in [2.45, 2.75) is 30.7 Å². The molecular weight excluding hydrogens is 310 g/mol. The summed E-state index contributed by atoms with van der Waals surface area (Å²) < 4.78 is 31.2. The standard InChI is InChI=1S/C18H22NO3S/c20-23(21,18-12-6-2-7-13-18)22-19(14-8-3-9-15-19)16-17-10-4-1-5-11-17/h1-2,4-7,10-13H,3,8-9,14-16H2/q+1. The summed E-state index contributed by atoms with van der Waals surface area (Å²) in [6.45, 7) is 2.02. The van der Waals surface area contributed by atoms with Crippen LogP contribution in [0.5, 0.6) is 0 Å². The molecule has 4 nitrogen and oxygen atoms in total. The molecule has 23 heavy (non-hydrogen) atoms. The van der Waals surface area contributed by atoms with Crippen LogP contribution in [0.1, 0.15) is 24.8 Å². The van der Waals surface area contributed by atoms with Crippen LogP contribution in [0.4, 0.5) is 0 Å². The first-order valence-corrected chi connectivity index (χ1v) is 9.42. The lowest BCUT2D eigenvalue weighted by Gasteiger charge is -2.37. The SMILES string of the molecule is O=S(=O)(O[N+]1(Cc2ccccc2)CCCCC1)c1ccccc1. The van der Waals surface area contributed by atoms with E-state index in [1.165, 1.54) is 0 Å². The van der Waals surface area contributed by atoms with Gasteiger partial charge in [0, 0.05) is 5.56 Å². The highest BCUT2D eigenvalue weighted by Gasteiger charge is 2.38. The topological polar surface area (TPSA) is 43.4 Å². The van der Waals surface area contributed by atoms with E-state index < -0.39 is 10.1 Å². The molecule has 2 aromatic carbocycles. The summed E-state index contributed by atoms with van der Waals surface area (Å²) in [5, 5.41) is 0. The fraction of sp³-hybridized carbons (Fsp3) is 0.333. The molecule has 0 N–H and O–H groups in total. The van der Waals surface area contributed by atoms with E-state index in [-0.39, 0.29) is 9.54 Å². The second-order valence-electron chi connectivity index (χ2n) is 6.05. The number of hydrogen-bond acceptors (Lipinski definition) is 3. The molecule has 1 saturated heterocycles. The van der Waals surface area contributed by atoms with Crippen LogP contribution < -0.4 is 0 Å². The number of likely N-dealkylation sites (tertiary alicyclic amines) is 1. The van der Waals surface area contributed by atoms with E-state index in [2.05, 4.69) is 0 Å². The molecule has 3 rings (SSSR count). The molecule has 0 unspecified atom stereocenters. The zero-order valence-electron chi connectivity index (χ0n) is 13.1. The van der Waals surface area contributed by atoms with Crippen LogP contribution in [-0.2, 0) is 20.9 Å². The molecule has 0 spiro atoms. The quantitative estimate of drug-likeness (QED) is 0.787. The third kappa shape index (κ3) is 3.99. The van der Waals surface area contributed by atoms with E-state index in [0.29, 0.717) is 6.54 Å². The highest BCUT2D eigenvalue weighted by atomic mass is 32.2. The van der Waals surface area contributed by atoms with Gasteiger partial charge in [-0.25, -0.2) is 0 Å². The molecule has 2 aromatic rings. The summed E-state index contributed by atoms with van der Waals surface area (Å²) >= 11 is 0. The normalized spacial score (nSPS) is 17.7. The Morgan fingerprint density at radius 3 is 2.00 bits per heavy atom. The Bertz CT molecular complexity index is 723. The predicted octanol–water partition coefficient (Wildman–Crippen LogP) is 3.51. The van der Waals surface area contributed by atoms with Crippen LogP contribution in [0, 0.1) is 0 Å². The first-order chi connectivity index (χ1) is 11.1. The van der Waals surface area contributed by atoms with Gasteiger partial charge in [0.05, 0.1) is 4.90 Å². The lowest BCUT2D eigenvalue weighted by molar-refractivity contribution is -1.09. The van der Waals surface area contributed by atoms with Gasteiger partial charge in [-0.3, -0.25) is 0 Å². The summed E-state index contributed by atoms with van der Waals surface area (Å²) in [4.78, 5) is 0.219. The smallest absolute Gasteiger partial charge is 0.189 e. The van der Waals surface area contributed by atoms with Crippen molar-refractivity contribution in [3.8, 4) is 0 Å². The van der Waals surface area contributed by atoms with Gasteiger partial charge in [-0.2, -0.15) is 13.1 Å². The minimum Gasteiger partial charge on any atom is -0.189 e. The summed E-state index contributed by atoms with van der Waals surface area (Å²) in [6.07, 6.45) is 3.10. The van der Waals surface area contributed by atoms with Crippen molar-refractivity contribution in [3.63, 3.8) is 0 Å². The number of rotatable bonds is 5. The summed E-state index contributed by atoms with van der Waals surface area (Å²) in [7, 11) is -3.77. The van der Waals surface area contributed by atoms with E-state index in [1.807, 2.05) is 30.3 Å². The molecule has 1 fully saturated rings. The Morgan fingerprint density at radius 1 is 0.826 bits per heavy atom. The van der Waals surface area contributed by atoms with Crippen molar-refractivity contribution in [2.75, 3.05) is 13.1 Å². The first-order valence-electron chi connectivity index (χ1n) is 8.01. The highest BCUT2D eigenvalue weighted by molar-refractivity contribution is 7.86. The monoisotopic (exact) mass is 332 g/mol. The summed E-state index contributed by atoms with van der Waals surface area (Å²) in [5.74, 6) is 0. The molecule has 0 aromatic heterocycles. The molecule has 1 heterocycles. The molecule has 0 radical (unpaired) electrons. The predicted molar refractivity (Wildman–Crippen MR) is 88.7 cm³/mol. The molecule has 122 valence electrons. The zero-order chi connectivity index (χ0) is 16.2. The van der Waals surface area contributed by atoms with Gasteiger partial charge in [0.25, 0.3) is 0 Å². The largest absolute Gasteiger partial charge is 0.342 e. The van der Waals surface area contributed by atoms with Crippen molar-refractivity contribution in [2.24, 2.45) is 0 Å². The third-order valence-corrected chi connectivity index (χ3v) is 5.59. The molecule has 0 amide bonds. The summed E-state index contributed by atoms with van der Waals surface area (Å²) in [6, 6.07) is 18.3. The van der Waals surface area contributed by atoms with Crippen LogP contribution in [-0.4, -0.2) is 26.2 Å². The van der Waals surface area contributed by atoms with Gasteiger partial charge in [0.2, 0.25) is 0 Å². The molecule has 5 heteroatoms. The number of nitrogens with zero attached hydrogens (tertiary/aromatic N) is 1. The van der Waals surface area contributed by atoms with Crippen LogP contribution in [0.2, 0.25) is 0 Å². The van der Waals surface area contributed by atoms with Gasteiger partial charge in [0.15, 0.2) is 0 Å². The number of hydroxylamine groups is 3. The Balaban J connectivity index is 1.87. The Hall–Kier alpha value is -1.69. The molecule has 0 aliphatic carbocycles. The van der Waals surface area contributed by atoms with Crippen LogP contribution >= 0.6 is 0 Å². The second-order valence-corrected chi connectivity index (χ2v) is 7.58. The Morgan fingerprint density at radius 2 is 1.39 bits per heavy atom. The van der Waals surface area contributed by atoms with E-state index in [0.717, 1.165) is 37.9 Å².